The summed E-state index contributed by atoms with van der Waals surface area (Å²) in [5.41, 5.74) is 1.02. The third kappa shape index (κ3) is 4.39. The van der Waals surface area contributed by atoms with Crippen LogP contribution in [0.3, 0.4) is 0 Å². The van der Waals surface area contributed by atoms with E-state index in [4.69, 9.17) is 4.74 Å². The molecule has 1 aliphatic rings. The number of methoxy groups -OCH3 is 1. The molecule has 1 aromatic rings. The van der Waals surface area contributed by atoms with Gasteiger partial charge in [-0.15, -0.1) is 12.4 Å². The normalized spacial score (nSPS) is 17.7. The Kier molecular flexibility index (Phi) is 6.82. The summed E-state index contributed by atoms with van der Waals surface area (Å²) in [7, 11) is 3.60. The van der Waals surface area contributed by atoms with Crippen molar-refractivity contribution in [2.45, 2.75) is 12.8 Å². The molecule has 1 saturated heterocycles. The number of amides is 1. The zero-order valence-corrected chi connectivity index (χ0v) is 12.9. The number of nitrogens with zero attached hydrogens (tertiary/aromatic N) is 1. The average Bonchev–Trinajstić information content (AvgIpc) is 2.88. The van der Waals surface area contributed by atoms with E-state index in [0.29, 0.717) is 12.3 Å². The summed E-state index contributed by atoms with van der Waals surface area (Å²) in [5.74, 6) is 1.62. The van der Waals surface area contributed by atoms with Gasteiger partial charge in [0.25, 0.3) is 0 Å². The molecule has 112 valence electrons. The molecule has 1 amide bonds. The summed E-state index contributed by atoms with van der Waals surface area (Å²) in [4.78, 5) is 14.2. The summed E-state index contributed by atoms with van der Waals surface area (Å²) in [6.07, 6.45) is 1.56. The molecular weight excluding hydrogens is 276 g/mol. The molecule has 1 atom stereocenters. The van der Waals surface area contributed by atoms with Crippen molar-refractivity contribution in [2.24, 2.45) is 5.92 Å². The van der Waals surface area contributed by atoms with Gasteiger partial charge in [0.05, 0.1) is 13.5 Å². The Morgan fingerprint density at radius 3 is 3.00 bits per heavy atom. The molecule has 4 nitrogen and oxygen atoms in total. The molecule has 1 aromatic carbocycles. The van der Waals surface area contributed by atoms with Gasteiger partial charge >= 0.3 is 0 Å². The summed E-state index contributed by atoms with van der Waals surface area (Å²) in [6, 6.07) is 7.72. The lowest BCUT2D eigenvalue weighted by atomic mass is 10.1. The van der Waals surface area contributed by atoms with Crippen molar-refractivity contribution < 1.29 is 9.53 Å². The van der Waals surface area contributed by atoms with Gasteiger partial charge in [-0.1, -0.05) is 12.1 Å². The maximum atomic E-state index is 12.2. The van der Waals surface area contributed by atoms with Crippen LogP contribution in [0.15, 0.2) is 24.3 Å². The summed E-state index contributed by atoms with van der Waals surface area (Å²) in [6.45, 7) is 2.75. The molecule has 0 saturated carbocycles. The third-order valence-electron chi connectivity index (χ3n) is 3.62. The number of hydrogen-bond donors (Lipinski definition) is 1. The van der Waals surface area contributed by atoms with Gasteiger partial charge in [-0.3, -0.25) is 4.79 Å². The fourth-order valence-electron chi connectivity index (χ4n) is 2.58. The second-order valence-electron chi connectivity index (χ2n) is 5.08. The van der Waals surface area contributed by atoms with Gasteiger partial charge in [0, 0.05) is 13.1 Å². The first-order valence-corrected chi connectivity index (χ1v) is 6.78. The number of halogens is 1. The molecule has 20 heavy (non-hydrogen) atoms. The highest BCUT2D eigenvalue weighted by atomic mass is 35.5. The van der Waals surface area contributed by atoms with Gasteiger partial charge in [-0.2, -0.15) is 0 Å². The lowest BCUT2D eigenvalue weighted by Crippen LogP contribution is -2.31. The van der Waals surface area contributed by atoms with Gasteiger partial charge < -0.3 is 15.0 Å². The topological polar surface area (TPSA) is 41.6 Å². The Balaban J connectivity index is 0.00000200. The van der Waals surface area contributed by atoms with Crippen LogP contribution < -0.4 is 10.1 Å². The van der Waals surface area contributed by atoms with Crippen molar-refractivity contribution in [3.05, 3.63) is 29.8 Å². The first-order valence-electron chi connectivity index (χ1n) is 6.78. The number of benzene rings is 1. The standard InChI is InChI=1S/C15H22N2O2.ClH/c1-16-10-13-6-7-17(11-13)15(18)9-12-4-3-5-14(8-12)19-2;/h3-5,8,13,16H,6-7,9-11H2,1-2H3;1H. The van der Waals surface area contributed by atoms with E-state index in [1.54, 1.807) is 7.11 Å². The number of rotatable bonds is 5. The van der Waals surface area contributed by atoms with E-state index in [1.807, 2.05) is 36.2 Å². The van der Waals surface area contributed by atoms with E-state index < -0.39 is 0 Å². The minimum atomic E-state index is 0. The van der Waals surface area contributed by atoms with Crippen molar-refractivity contribution in [1.29, 1.82) is 0 Å². The summed E-state index contributed by atoms with van der Waals surface area (Å²) in [5, 5.41) is 3.18. The van der Waals surface area contributed by atoms with E-state index in [9.17, 15) is 4.79 Å². The highest BCUT2D eigenvalue weighted by Gasteiger charge is 2.25. The van der Waals surface area contributed by atoms with Crippen LogP contribution in [0, 0.1) is 5.92 Å². The molecule has 1 unspecified atom stereocenters. The SMILES string of the molecule is CNCC1CCN(C(=O)Cc2cccc(OC)c2)C1.Cl. The van der Waals surface area contributed by atoms with Crippen molar-refractivity contribution >= 4 is 18.3 Å². The summed E-state index contributed by atoms with van der Waals surface area (Å²) >= 11 is 0. The lowest BCUT2D eigenvalue weighted by molar-refractivity contribution is -0.129. The molecule has 1 aliphatic heterocycles. The Bertz CT molecular complexity index is 440. The van der Waals surface area contributed by atoms with Crippen LogP contribution in [0.5, 0.6) is 5.75 Å². The highest BCUT2D eigenvalue weighted by molar-refractivity contribution is 5.85. The lowest BCUT2D eigenvalue weighted by Gasteiger charge is -2.16. The maximum Gasteiger partial charge on any atom is 0.227 e. The fraction of sp³-hybridized carbons (Fsp3) is 0.533. The van der Waals surface area contributed by atoms with Gasteiger partial charge in [-0.05, 0) is 43.6 Å². The monoisotopic (exact) mass is 298 g/mol. The van der Waals surface area contributed by atoms with Crippen LogP contribution in [0.25, 0.3) is 0 Å². The number of carbonyl (C=O) groups excluding carboxylic acids is 1. The molecule has 5 heteroatoms. The largest absolute Gasteiger partial charge is 0.497 e. The zero-order chi connectivity index (χ0) is 13.7. The van der Waals surface area contributed by atoms with E-state index in [-0.39, 0.29) is 18.3 Å². The first kappa shape index (κ1) is 16.8. The molecule has 1 N–H and O–H groups in total. The molecule has 0 aromatic heterocycles. The predicted molar refractivity (Wildman–Crippen MR) is 82.6 cm³/mol. The molecule has 0 spiro atoms. The van der Waals surface area contributed by atoms with Gasteiger partial charge in [0.15, 0.2) is 0 Å². The van der Waals surface area contributed by atoms with Crippen LogP contribution in [0.4, 0.5) is 0 Å². The fourth-order valence-corrected chi connectivity index (χ4v) is 2.58. The number of carbonyl (C=O) groups is 1. The van der Waals surface area contributed by atoms with Crippen LogP contribution >= 0.6 is 12.4 Å². The van der Waals surface area contributed by atoms with E-state index in [2.05, 4.69) is 5.32 Å². The quantitative estimate of drug-likeness (QED) is 0.900. The molecule has 1 heterocycles. The van der Waals surface area contributed by atoms with Crippen molar-refractivity contribution in [3.8, 4) is 5.75 Å². The van der Waals surface area contributed by atoms with E-state index >= 15 is 0 Å². The Labute approximate surface area is 126 Å². The van der Waals surface area contributed by atoms with Crippen molar-refractivity contribution in [2.75, 3.05) is 33.8 Å². The number of nitrogens with one attached hydrogen (secondary N) is 1. The molecule has 1 fully saturated rings. The van der Waals surface area contributed by atoms with Crippen molar-refractivity contribution in [3.63, 3.8) is 0 Å². The second kappa shape index (κ2) is 8.12. The third-order valence-corrected chi connectivity index (χ3v) is 3.62. The van der Waals surface area contributed by atoms with Gasteiger partial charge in [0.2, 0.25) is 5.91 Å². The average molecular weight is 299 g/mol. The zero-order valence-electron chi connectivity index (χ0n) is 12.1. The smallest absolute Gasteiger partial charge is 0.227 e. The number of likely N-dealkylation sites (tertiary alicyclic amines) is 1. The minimum Gasteiger partial charge on any atom is -0.497 e. The molecule has 2 rings (SSSR count). The Morgan fingerprint density at radius 2 is 2.30 bits per heavy atom. The molecule has 0 bridgehead atoms. The van der Waals surface area contributed by atoms with Crippen LogP contribution in [0.1, 0.15) is 12.0 Å². The molecule has 0 radical (unpaired) electrons. The van der Waals surface area contributed by atoms with E-state index in [0.717, 1.165) is 37.4 Å². The van der Waals surface area contributed by atoms with Crippen LogP contribution in [0.2, 0.25) is 0 Å². The highest BCUT2D eigenvalue weighted by Crippen LogP contribution is 2.18. The second-order valence-corrected chi connectivity index (χ2v) is 5.08. The maximum absolute atomic E-state index is 12.2. The Morgan fingerprint density at radius 1 is 1.50 bits per heavy atom. The van der Waals surface area contributed by atoms with Gasteiger partial charge in [0.1, 0.15) is 5.75 Å². The van der Waals surface area contributed by atoms with Crippen LogP contribution in [-0.4, -0.2) is 44.6 Å². The van der Waals surface area contributed by atoms with Crippen molar-refractivity contribution in [1.82, 2.24) is 10.2 Å². The minimum absolute atomic E-state index is 0. The van der Waals surface area contributed by atoms with E-state index in [1.165, 1.54) is 0 Å². The Hall–Kier alpha value is -1.26. The van der Waals surface area contributed by atoms with Gasteiger partial charge in [-0.25, -0.2) is 0 Å². The molecule has 0 aliphatic carbocycles. The first-order chi connectivity index (χ1) is 9.22. The number of hydrogen-bond acceptors (Lipinski definition) is 3. The van der Waals surface area contributed by atoms with Crippen LogP contribution in [-0.2, 0) is 11.2 Å². The summed E-state index contributed by atoms with van der Waals surface area (Å²) < 4.78 is 5.18. The molecular formula is C15H23ClN2O2. The predicted octanol–water partition coefficient (Wildman–Crippen LogP) is 1.73. The number of ether oxygens (including phenoxy) is 1.